The van der Waals surface area contributed by atoms with Crippen LogP contribution in [0.25, 0.3) is 18.2 Å². The Morgan fingerprint density at radius 2 is 0.366 bits per heavy atom. The second-order valence-corrected chi connectivity index (χ2v) is 24.5. The summed E-state index contributed by atoms with van der Waals surface area (Å²) in [4.78, 5) is 2.40. The minimum Gasteiger partial charge on any atom is -0.311 e. The van der Waals surface area contributed by atoms with Crippen LogP contribution in [-0.4, -0.2) is 20.1 Å². The van der Waals surface area contributed by atoms with E-state index in [1.807, 2.05) is 0 Å². The molecule has 410 valence electrons. The summed E-state index contributed by atoms with van der Waals surface area (Å²) in [5.74, 6) is 7.30. The molecule has 0 aliphatic heterocycles. The highest BCUT2D eigenvalue weighted by Gasteiger charge is 2.27. The van der Waals surface area contributed by atoms with E-state index in [0.717, 1.165) is 17.1 Å². The van der Waals surface area contributed by atoms with Crippen LogP contribution >= 0.6 is 0 Å². The summed E-state index contributed by atoms with van der Waals surface area (Å²) in [5.41, 5.74) is 39.0. The number of hydrogen-bond donors (Lipinski definition) is 0. The summed E-state index contributed by atoms with van der Waals surface area (Å²) < 4.78 is 0. The Morgan fingerprint density at radius 1 is 0.220 bits per heavy atom. The number of aryl methyl sites for hydroxylation is 18. The number of hydrogen-bond acceptors (Lipinski definition) is 1. The van der Waals surface area contributed by atoms with Crippen LogP contribution < -0.4 is 37.7 Å². The molecule has 1 nitrogen and oxygen atoms in total. The number of nitrogens with zero attached hydrogens (tertiary/aromatic N) is 1. The van der Waals surface area contributed by atoms with Crippen molar-refractivity contribution in [1.29, 1.82) is 0 Å². The third-order valence-electron chi connectivity index (χ3n) is 17.2. The van der Waals surface area contributed by atoms with E-state index >= 15 is 0 Å². The van der Waals surface area contributed by atoms with Crippen LogP contribution in [0.15, 0.2) is 164 Å². The Kier molecular flexibility index (Phi) is 17.7. The fourth-order valence-corrected chi connectivity index (χ4v) is 14.4. The summed E-state index contributed by atoms with van der Waals surface area (Å²) in [5, 5.41) is 0. The lowest BCUT2D eigenvalue weighted by Gasteiger charge is -2.26. The van der Waals surface area contributed by atoms with Gasteiger partial charge in [0.05, 0.1) is 0 Å². The Labute approximate surface area is 495 Å². The number of rotatable bonds is 15. The van der Waals surface area contributed by atoms with E-state index in [1.165, 1.54) is 150 Å². The normalized spacial score (nSPS) is 11.6. The molecule has 0 atom stereocenters. The highest BCUT2D eigenvalue weighted by molar-refractivity contribution is 6.92. The SMILES string of the molecule is Cc1cc(C)c(B(/C=C/c2ccc(N(c3ccc(/C=C/B(c4c(C)cc(C)cc4C)c4c(C)cc(C)cc4C)cc3)c3ccc(/C=C/B(c4c(C)cc(C)cc4C)c4c(C)cc(C)cc4C)cc3)cc2)c2c(C)cc(C)cc2C)c(C)c1. The van der Waals surface area contributed by atoms with Gasteiger partial charge in [0.25, 0.3) is 0 Å². The zero-order chi connectivity index (χ0) is 58.8. The summed E-state index contributed by atoms with van der Waals surface area (Å²) >= 11 is 0. The summed E-state index contributed by atoms with van der Waals surface area (Å²) in [6.45, 7) is 40.9. The van der Waals surface area contributed by atoms with Crippen LogP contribution in [0.4, 0.5) is 17.1 Å². The van der Waals surface area contributed by atoms with Crippen LogP contribution in [-0.2, 0) is 0 Å². The summed E-state index contributed by atoms with van der Waals surface area (Å²) in [6.07, 6.45) is 6.99. The maximum Gasteiger partial charge on any atom is 0.235 e. The van der Waals surface area contributed by atoms with E-state index in [4.69, 9.17) is 0 Å². The van der Waals surface area contributed by atoms with Crippen molar-refractivity contribution in [2.45, 2.75) is 125 Å². The molecule has 0 N–H and O–H groups in total. The molecule has 0 amide bonds. The minimum absolute atomic E-state index is 0.118. The highest BCUT2D eigenvalue weighted by Crippen LogP contribution is 2.35. The molecule has 0 aliphatic carbocycles. The van der Waals surface area contributed by atoms with Crippen molar-refractivity contribution in [2.75, 3.05) is 4.90 Å². The van der Waals surface area contributed by atoms with Gasteiger partial charge in [0, 0.05) is 17.1 Å². The number of benzene rings is 9. The van der Waals surface area contributed by atoms with Gasteiger partial charge in [-0.05, 0) is 178 Å². The Morgan fingerprint density at radius 3 is 0.512 bits per heavy atom. The van der Waals surface area contributed by atoms with Gasteiger partial charge in [0.15, 0.2) is 0 Å². The van der Waals surface area contributed by atoms with Crippen molar-refractivity contribution >= 4 is 88.2 Å². The second kappa shape index (κ2) is 24.7. The molecular formula is C78H84B3N. The maximum absolute atomic E-state index is 2.43. The molecule has 0 aromatic heterocycles. The Hall–Kier alpha value is -7.81. The molecule has 0 heterocycles. The first-order valence-corrected chi connectivity index (χ1v) is 29.7. The summed E-state index contributed by atoms with van der Waals surface area (Å²) in [7, 11) is 0. The number of anilines is 3. The third-order valence-corrected chi connectivity index (χ3v) is 17.2. The van der Waals surface area contributed by atoms with Crippen LogP contribution in [0.3, 0.4) is 0 Å². The molecule has 4 heteroatoms. The van der Waals surface area contributed by atoms with Gasteiger partial charge >= 0.3 is 0 Å². The van der Waals surface area contributed by atoms with Gasteiger partial charge in [-0.2, -0.15) is 0 Å². The summed E-state index contributed by atoms with van der Waals surface area (Å²) in [6, 6.07) is 55.4. The largest absolute Gasteiger partial charge is 0.311 e. The van der Waals surface area contributed by atoms with Gasteiger partial charge in [-0.1, -0.05) is 260 Å². The van der Waals surface area contributed by atoms with E-state index in [1.54, 1.807) is 0 Å². The molecule has 0 bridgehead atoms. The van der Waals surface area contributed by atoms with Gasteiger partial charge in [0.2, 0.25) is 20.1 Å². The predicted octanol–water partition coefficient (Wildman–Crippen LogP) is 16.3. The topological polar surface area (TPSA) is 3.24 Å². The van der Waals surface area contributed by atoms with Crippen molar-refractivity contribution < 1.29 is 0 Å². The van der Waals surface area contributed by atoms with Crippen LogP contribution in [0.1, 0.15) is 117 Å². The molecule has 0 spiro atoms. The molecule has 9 rings (SSSR count). The molecule has 0 aliphatic rings. The monoisotopic (exact) mass is 1070 g/mol. The van der Waals surface area contributed by atoms with Crippen molar-refractivity contribution in [3.05, 3.63) is 280 Å². The Bertz CT molecular complexity index is 3220. The molecule has 0 unspecified atom stereocenters. The molecule has 0 saturated heterocycles. The van der Waals surface area contributed by atoms with Crippen molar-refractivity contribution in [1.82, 2.24) is 0 Å². The maximum atomic E-state index is 2.43. The molecule has 9 aromatic rings. The third kappa shape index (κ3) is 12.8. The van der Waals surface area contributed by atoms with E-state index in [0.29, 0.717) is 0 Å². The zero-order valence-electron chi connectivity index (χ0n) is 52.5. The van der Waals surface area contributed by atoms with Gasteiger partial charge in [-0.3, -0.25) is 0 Å². The second-order valence-electron chi connectivity index (χ2n) is 24.5. The van der Waals surface area contributed by atoms with E-state index in [9.17, 15) is 0 Å². The van der Waals surface area contributed by atoms with Crippen molar-refractivity contribution in [3.63, 3.8) is 0 Å². The molecule has 9 aromatic carbocycles. The molecule has 82 heavy (non-hydrogen) atoms. The zero-order valence-corrected chi connectivity index (χ0v) is 52.5. The van der Waals surface area contributed by atoms with E-state index < -0.39 is 0 Å². The minimum atomic E-state index is 0.118. The van der Waals surface area contributed by atoms with Gasteiger partial charge in [0.1, 0.15) is 0 Å². The smallest absolute Gasteiger partial charge is 0.235 e. The van der Waals surface area contributed by atoms with Crippen LogP contribution in [0, 0.1) is 125 Å². The predicted molar refractivity (Wildman–Crippen MR) is 367 cm³/mol. The van der Waals surface area contributed by atoms with Crippen LogP contribution in [0.2, 0.25) is 0 Å². The lowest BCUT2D eigenvalue weighted by molar-refractivity contribution is 1.28. The first-order chi connectivity index (χ1) is 39.0. The van der Waals surface area contributed by atoms with E-state index in [2.05, 4.69) is 311 Å². The lowest BCUT2D eigenvalue weighted by atomic mass is 9.37. The van der Waals surface area contributed by atoms with Crippen molar-refractivity contribution in [3.8, 4) is 0 Å². The molecule has 0 saturated carbocycles. The average Bonchev–Trinajstić information content (AvgIpc) is 3.60. The van der Waals surface area contributed by atoms with E-state index in [-0.39, 0.29) is 20.1 Å². The molecule has 0 fully saturated rings. The first-order valence-electron chi connectivity index (χ1n) is 29.7. The average molecular weight is 1070 g/mol. The fraction of sp³-hybridized carbons (Fsp3) is 0.231. The highest BCUT2D eigenvalue weighted by atomic mass is 15.1. The Balaban J connectivity index is 1.11. The van der Waals surface area contributed by atoms with Gasteiger partial charge in [-0.15, -0.1) is 17.9 Å². The van der Waals surface area contributed by atoms with Crippen molar-refractivity contribution in [2.24, 2.45) is 0 Å². The van der Waals surface area contributed by atoms with Gasteiger partial charge < -0.3 is 4.90 Å². The standard InChI is InChI=1S/C78H84B3N/c1-49-37-55(7)73(56(8)38-49)79(74-57(9)39-50(2)40-58(74)10)34-31-67-19-25-70(26-20-67)82(71-27-21-68(22-28-71)32-35-80(75-59(11)41-51(3)42-60(75)12)76-61(13)43-52(4)44-62(76)14)72-29-23-69(24-30-72)33-36-81(77-63(15)45-53(5)46-64(77)16)78-65(17)47-54(6)48-66(78)18/h19-48H,1-18H3/b34-31+,35-32+,36-33+. The first kappa shape index (κ1) is 58.8. The lowest BCUT2D eigenvalue weighted by Crippen LogP contribution is -2.46. The molecular weight excluding hydrogens is 983 g/mol. The quantitative estimate of drug-likeness (QED) is 0.0925. The molecule has 0 radical (unpaired) electrons. The van der Waals surface area contributed by atoms with Gasteiger partial charge in [-0.25, -0.2) is 0 Å². The van der Waals surface area contributed by atoms with Crippen LogP contribution in [0.5, 0.6) is 0 Å². The fourth-order valence-electron chi connectivity index (χ4n) is 14.4.